The second kappa shape index (κ2) is 3.85. The van der Waals surface area contributed by atoms with Crippen LogP contribution in [0.25, 0.3) is 0 Å². The molecule has 0 amide bonds. The number of carbonyl (C=O) groups excluding carboxylic acids is 1. The van der Waals surface area contributed by atoms with E-state index in [0.29, 0.717) is 12.0 Å². The summed E-state index contributed by atoms with van der Waals surface area (Å²) in [6.07, 6.45) is 2.13. The maximum atomic E-state index is 12.4. The van der Waals surface area contributed by atoms with E-state index in [-0.39, 0.29) is 22.5 Å². The van der Waals surface area contributed by atoms with Crippen molar-refractivity contribution in [2.45, 2.75) is 45.3 Å². The minimum absolute atomic E-state index is 0.000625. The zero-order valence-corrected chi connectivity index (χ0v) is 11.3. The fourth-order valence-electron chi connectivity index (χ4n) is 2.63. The summed E-state index contributed by atoms with van der Waals surface area (Å²) in [5.41, 5.74) is -0.299. The van der Waals surface area contributed by atoms with Crippen LogP contribution in [-0.4, -0.2) is 17.0 Å². The summed E-state index contributed by atoms with van der Waals surface area (Å²) in [6.45, 7) is 7.88. The first-order valence-corrected chi connectivity index (χ1v) is 6.08. The Bertz CT molecular complexity index is 445. The van der Waals surface area contributed by atoms with Gasteiger partial charge in [0.05, 0.1) is 28.9 Å². The van der Waals surface area contributed by atoms with Crippen LogP contribution >= 0.6 is 11.6 Å². The number of hydrogen-bond acceptors (Lipinski definition) is 3. The minimum Gasteiger partial charge on any atom is -0.452 e. The third kappa shape index (κ3) is 2.26. The van der Waals surface area contributed by atoms with Crippen molar-refractivity contribution in [1.82, 2.24) is 0 Å². The molecule has 2 heterocycles. The number of rotatable bonds is 2. The van der Waals surface area contributed by atoms with E-state index in [0.717, 1.165) is 0 Å². The van der Waals surface area contributed by atoms with E-state index < -0.39 is 5.60 Å². The molecule has 4 heteroatoms. The molecular formula is C13H17ClO3. The first-order valence-electron chi connectivity index (χ1n) is 5.70. The molecule has 3 nitrogen and oxygen atoms in total. The van der Waals surface area contributed by atoms with Crippen LogP contribution < -0.4 is 0 Å². The van der Waals surface area contributed by atoms with Crippen molar-refractivity contribution < 1.29 is 13.9 Å². The van der Waals surface area contributed by atoms with Gasteiger partial charge in [-0.25, -0.2) is 0 Å². The Kier molecular flexibility index (Phi) is 2.87. The van der Waals surface area contributed by atoms with Crippen LogP contribution in [0.4, 0.5) is 0 Å². The molecule has 0 aromatic carbocycles. The van der Waals surface area contributed by atoms with Gasteiger partial charge in [0, 0.05) is 0 Å². The molecule has 1 aliphatic heterocycles. The first-order chi connectivity index (χ1) is 7.73. The Morgan fingerprint density at radius 1 is 1.41 bits per heavy atom. The predicted molar refractivity (Wildman–Crippen MR) is 65.4 cm³/mol. The van der Waals surface area contributed by atoms with Crippen molar-refractivity contribution in [3.63, 3.8) is 0 Å². The van der Waals surface area contributed by atoms with Crippen molar-refractivity contribution in [2.24, 2.45) is 5.92 Å². The highest BCUT2D eigenvalue weighted by atomic mass is 35.5. The van der Waals surface area contributed by atoms with E-state index in [1.165, 1.54) is 6.26 Å². The van der Waals surface area contributed by atoms with Crippen molar-refractivity contribution in [1.29, 1.82) is 0 Å². The molecule has 2 rings (SSSR count). The van der Waals surface area contributed by atoms with E-state index in [4.69, 9.17) is 20.8 Å². The van der Waals surface area contributed by atoms with Crippen molar-refractivity contribution in [2.75, 3.05) is 0 Å². The standard InChI is InChI=1S/C13H17ClO3/c1-12(2)7-9(13(3,4)17-12)10(15)8-5-6-16-11(8)14/h5-6,9H,7H2,1-4H3. The Hall–Kier alpha value is -0.800. The highest BCUT2D eigenvalue weighted by Gasteiger charge is 2.49. The molecule has 0 saturated carbocycles. The normalized spacial score (nSPS) is 26.1. The molecule has 1 aromatic heterocycles. The average molecular weight is 257 g/mol. The molecule has 1 atom stereocenters. The summed E-state index contributed by atoms with van der Waals surface area (Å²) < 4.78 is 10.9. The number of halogens is 1. The van der Waals surface area contributed by atoms with Gasteiger partial charge in [-0.1, -0.05) is 0 Å². The molecule has 0 radical (unpaired) electrons. The number of Topliss-reactive ketones (excluding diaryl/α,β-unsaturated/α-hetero) is 1. The van der Waals surface area contributed by atoms with E-state index in [1.54, 1.807) is 6.07 Å². The number of ketones is 1. The molecule has 0 aliphatic carbocycles. The Morgan fingerprint density at radius 2 is 2.06 bits per heavy atom. The van der Waals surface area contributed by atoms with Crippen LogP contribution in [0.3, 0.4) is 0 Å². The lowest BCUT2D eigenvalue weighted by atomic mass is 9.82. The Balaban J connectivity index is 2.30. The largest absolute Gasteiger partial charge is 0.452 e. The Morgan fingerprint density at radius 3 is 2.47 bits per heavy atom. The van der Waals surface area contributed by atoms with Crippen molar-refractivity contribution in [3.8, 4) is 0 Å². The number of carbonyl (C=O) groups is 1. The summed E-state index contributed by atoms with van der Waals surface area (Å²) in [5.74, 6) is -0.188. The van der Waals surface area contributed by atoms with Gasteiger partial charge in [0.2, 0.25) is 5.22 Å². The van der Waals surface area contributed by atoms with Crippen LogP contribution in [0.15, 0.2) is 16.7 Å². The summed E-state index contributed by atoms with van der Waals surface area (Å²) in [5, 5.41) is 0.163. The van der Waals surface area contributed by atoms with Gasteiger partial charge >= 0.3 is 0 Å². The highest BCUT2D eigenvalue weighted by Crippen LogP contribution is 2.44. The summed E-state index contributed by atoms with van der Waals surface area (Å²) in [7, 11) is 0. The minimum atomic E-state index is -0.471. The fraction of sp³-hybridized carbons (Fsp3) is 0.615. The summed E-state index contributed by atoms with van der Waals surface area (Å²) in [4.78, 5) is 12.4. The molecule has 0 N–H and O–H groups in total. The van der Waals surface area contributed by atoms with Gasteiger partial charge in [0.25, 0.3) is 0 Å². The molecule has 1 fully saturated rings. The molecule has 0 bridgehead atoms. The molecule has 1 aromatic rings. The zero-order valence-electron chi connectivity index (χ0n) is 10.5. The highest BCUT2D eigenvalue weighted by molar-refractivity contribution is 6.32. The van der Waals surface area contributed by atoms with Crippen LogP contribution in [-0.2, 0) is 4.74 Å². The molecule has 17 heavy (non-hydrogen) atoms. The van der Waals surface area contributed by atoms with Crippen LogP contribution in [0.1, 0.15) is 44.5 Å². The van der Waals surface area contributed by atoms with Gasteiger partial charge in [-0.15, -0.1) is 0 Å². The molecule has 1 aliphatic rings. The number of furan rings is 1. The molecule has 0 spiro atoms. The smallest absolute Gasteiger partial charge is 0.203 e. The maximum Gasteiger partial charge on any atom is 0.203 e. The van der Waals surface area contributed by atoms with Gasteiger partial charge in [-0.05, 0) is 51.8 Å². The third-order valence-electron chi connectivity index (χ3n) is 3.27. The second-order valence-electron chi connectivity index (χ2n) is 5.69. The number of ether oxygens (including phenoxy) is 1. The molecule has 1 saturated heterocycles. The quantitative estimate of drug-likeness (QED) is 0.758. The van der Waals surface area contributed by atoms with E-state index in [2.05, 4.69) is 0 Å². The number of hydrogen-bond donors (Lipinski definition) is 0. The third-order valence-corrected chi connectivity index (χ3v) is 3.57. The van der Waals surface area contributed by atoms with E-state index in [9.17, 15) is 4.79 Å². The summed E-state index contributed by atoms with van der Waals surface area (Å²) >= 11 is 5.85. The Labute approximate surface area is 106 Å². The first kappa shape index (κ1) is 12.7. The van der Waals surface area contributed by atoms with Gasteiger partial charge in [-0.3, -0.25) is 4.79 Å². The monoisotopic (exact) mass is 256 g/mol. The van der Waals surface area contributed by atoms with E-state index >= 15 is 0 Å². The van der Waals surface area contributed by atoms with Crippen LogP contribution in [0.2, 0.25) is 5.22 Å². The zero-order chi connectivity index (χ0) is 12.8. The lowest BCUT2D eigenvalue weighted by molar-refractivity contribution is -0.0712. The molecule has 94 valence electrons. The van der Waals surface area contributed by atoms with Gasteiger partial charge < -0.3 is 9.15 Å². The molecular weight excluding hydrogens is 240 g/mol. The van der Waals surface area contributed by atoms with Crippen LogP contribution in [0.5, 0.6) is 0 Å². The average Bonchev–Trinajstić information content (AvgIpc) is 2.66. The SMILES string of the molecule is CC1(C)CC(C(=O)c2ccoc2Cl)C(C)(C)O1. The fourth-order valence-corrected chi connectivity index (χ4v) is 2.84. The second-order valence-corrected chi connectivity index (χ2v) is 6.04. The summed E-state index contributed by atoms with van der Waals surface area (Å²) in [6, 6.07) is 1.62. The van der Waals surface area contributed by atoms with Crippen molar-refractivity contribution in [3.05, 3.63) is 23.1 Å². The molecule has 1 unspecified atom stereocenters. The van der Waals surface area contributed by atoms with Gasteiger partial charge in [-0.2, -0.15) is 0 Å². The van der Waals surface area contributed by atoms with E-state index in [1.807, 2.05) is 27.7 Å². The van der Waals surface area contributed by atoms with Crippen molar-refractivity contribution >= 4 is 17.4 Å². The lowest BCUT2D eigenvalue weighted by Crippen LogP contribution is -2.33. The van der Waals surface area contributed by atoms with Crippen LogP contribution in [0, 0.1) is 5.92 Å². The topological polar surface area (TPSA) is 39.4 Å². The van der Waals surface area contributed by atoms with Gasteiger partial charge in [0.15, 0.2) is 5.78 Å². The van der Waals surface area contributed by atoms with Gasteiger partial charge in [0.1, 0.15) is 0 Å². The lowest BCUT2D eigenvalue weighted by Gasteiger charge is -2.26. The predicted octanol–water partition coefficient (Wildman–Crippen LogP) is 3.71. The maximum absolute atomic E-state index is 12.4.